The van der Waals surface area contributed by atoms with Gasteiger partial charge in [-0.05, 0) is 34.4 Å². The van der Waals surface area contributed by atoms with Crippen molar-refractivity contribution in [1.29, 1.82) is 0 Å². The zero-order valence-electron chi connectivity index (χ0n) is 19.6. The zero-order valence-corrected chi connectivity index (χ0v) is 19.6. The number of para-hydroxylation sites is 2. The van der Waals surface area contributed by atoms with Crippen LogP contribution in [0.5, 0.6) is 0 Å². The van der Waals surface area contributed by atoms with Crippen molar-refractivity contribution < 1.29 is 0 Å². The number of anilines is 2. The van der Waals surface area contributed by atoms with Crippen LogP contribution >= 0.6 is 0 Å². The molecule has 0 atom stereocenters. The third-order valence-electron chi connectivity index (χ3n) is 6.89. The van der Waals surface area contributed by atoms with Crippen LogP contribution in [0.4, 0.5) is 11.4 Å². The molecule has 5 aromatic rings. The van der Waals surface area contributed by atoms with E-state index in [1.165, 1.54) is 33.6 Å². The molecule has 0 saturated carbocycles. The van der Waals surface area contributed by atoms with Crippen molar-refractivity contribution >= 4 is 11.4 Å². The molecule has 1 heterocycles. The molecule has 1 aliphatic heterocycles. The lowest BCUT2D eigenvalue weighted by Gasteiger charge is -2.34. The second kappa shape index (κ2) is 9.52. The van der Waals surface area contributed by atoms with Crippen molar-refractivity contribution in [1.82, 2.24) is 0 Å². The van der Waals surface area contributed by atoms with E-state index in [0.29, 0.717) is 0 Å². The molecule has 6 rings (SSSR count). The van der Waals surface area contributed by atoms with E-state index in [2.05, 4.69) is 155 Å². The van der Waals surface area contributed by atoms with Gasteiger partial charge in [0.2, 0.25) is 0 Å². The Labute approximate surface area is 207 Å². The van der Waals surface area contributed by atoms with Crippen molar-refractivity contribution in [3.63, 3.8) is 0 Å². The lowest BCUT2D eigenvalue weighted by molar-refractivity contribution is 0.660. The summed E-state index contributed by atoms with van der Waals surface area (Å²) in [6, 6.07) is 52.5. The van der Waals surface area contributed by atoms with E-state index in [9.17, 15) is 0 Å². The Morgan fingerprint density at radius 2 is 0.600 bits per heavy atom. The van der Waals surface area contributed by atoms with Gasteiger partial charge in [0.1, 0.15) is 0 Å². The highest BCUT2D eigenvalue weighted by Gasteiger charge is 2.36. The van der Waals surface area contributed by atoms with Crippen molar-refractivity contribution in [2.24, 2.45) is 0 Å². The minimum absolute atomic E-state index is 0.121. The van der Waals surface area contributed by atoms with Gasteiger partial charge in [0.05, 0.1) is 30.1 Å². The van der Waals surface area contributed by atoms with Crippen LogP contribution < -0.4 is 9.80 Å². The van der Waals surface area contributed by atoms with E-state index >= 15 is 0 Å². The Hall–Kier alpha value is -4.30. The summed E-state index contributed by atoms with van der Waals surface area (Å²) in [6.07, 6.45) is 0. The third-order valence-corrected chi connectivity index (χ3v) is 6.89. The van der Waals surface area contributed by atoms with Crippen molar-refractivity contribution in [3.8, 4) is 0 Å². The van der Waals surface area contributed by atoms with Gasteiger partial charge in [-0.2, -0.15) is 0 Å². The van der Waals surface area contributed by atoms with Gasteiger partial charge in [-0.25, -0.2) is 0 Å². The topological polar surface area (TPSA) is 6.48 Å². The summed E-state index contributed by atoms with van der Waals surface area (Å²) in [7, 11) is 0. The van der Waals surface area contributed by atoms with Gasteiger partial charge >= 0.3 is 0 Å². The smallest absolute Gasteiger partial charge is 0.0923 e. The predicted molar refractivity (Wildman–Crippen MR) is 146 cm³/mol. The van der Waals surface area contributed by atoms with Crippen molar-refractivity contribution in [2.45, 2.75) is 12.1 Å². The van der Waals surface area contributed by atoms with Gasteiger partial charge < -0.3 is 9.80 Å². The maximum Gasteiger partial charge on any atom is 0.0923 e. The number of hydrogen-bond donors (Lipinski definition) is 0. The second-order valence-electron chi connectivity index (χ2n) is 9.02. The molecule has 35 heavy (non-hydrogen) atoms. The predicted octanol–water partition coefficient (Wildman–Crippen LogP) is 7.85. The fourth-order valence-electron chi connectivity index (χ4n) is 5.35. The molecule has 0 spiro atoms. The van der Waals surface area contributed by atoms with Gasteiger partial charge in [0.15, 0.2) is 0 Å². The molecule has 0 N–H and O–H groups in total. The van der Waals surface area contributed by atoms with Crippen LogP contribution in [0.15, 0.2) is 146 Å². The average molecular weight is 453 g/mol. The van der Waals surface area contributed by atoms with E-state index in [0.717, 1.165) is 6.67 Å². The van der Waals surface area contributed by atoms with E-state index < -0.39 is 0 Å². The van der Waals surface area contributed by atoms with E-state index in [-0.39, 0.29) is 12.1 Å². The number of benzene rings is 5. The molecule has 0 amide bonds. The molecular weight excluding hydrogens is 424 g/mol. The summed E-state index contributed by atoms with van der Waals surface area (Å²) >= 11 is 0. The Morgan fingerprint density at radius 1 is 0.343 bits per heavy atom. The summed E-state index contributed by atoms with van der Waals surface area (Å²) in [5.41, 5.74) is 7.72. The molecule has 2 nitrogen and oxygen atoms in total. The maximum atomic E-state index is 2.55. The third kappa shape index (κ3) is 4.08. The maximum absolute atomic E-state index is 2.55. The van der Waals surface area contributed by atoms with Crippen LogP contribution in [0.2, 0.25) is 0 Å². The van der Waals surface area contributed by atoms with Crippen LogP contribution in [0.3, 0.4) is 0 Å². The first-order chi connectivity index (χ1) is 17.4. The standard InChI is InChI=1S/C33H28N2/c1-5-15-26(16-6-1)32(27-17-7-2-8-18-27)34-25-35(31-24-14-13-23-30(31)34)33(28-19-9-3-10-20-28)29-21-11-4-12-22-29/h1-24,32-33H,25H2. The molecule has 170 valence electrons. The largest absolute Gasteiger partial charge is 0.341 e. The lowest BCUT2D eigenvalue weighted by atomic mass is 9.97. The van der Waals surface area contributed by atoms with E-state index in [1.54, 1.807) is 0 Å². The van der Waals surface area contributed by atoms with Crippen LogP contribution in [0.1, 0.15) is 34.3 Å². The summed E-state index contributed by atoms with van der Waals surface area (Å²) in [6.45, 7) is 0.794. The number of rotatable bonds is 6. The van der Waals surface area contributed by atoms with E-state index in [4.69, 9.17) is 0 Å². The molecule has 5 aromatic carbocycles. The Morgan fingerprint density at radius 3 is 0.886 bits per heavy atom. The minimum atomic E-state index is 0.121. The zero-order chi connectivity index (χ0) is 23.5. The second-order valence-corrected chi connectivity index (χ2v) is 9.02. The number of fused-ring (bicyclic) bond motifs is 1. The highest BCUT2D eigenvalue weighted by molar-refractivity contribution is 5.79. The molecule has 0 unspecified atom stereocenters. The summed E-state index contributed by atoms with van der Waals surface area (Å²) in [5.74, 6) is 0. The first-order valence-electron chi connectivity index (χ1n) is 12.2. The SMILES string of the molecule is c1ccc(C(c2ccccc2)N2CN(C(c3ccccc3)c3ccccc3)c3ccccc32)cc1. The first-order valence-corrected chi connectivity index (χ1v) is 12.2. The average Bonchev–Trinajstić information content (AvgIpc) is 3.30. The van der Waals surface area contributed by atoms with Crippen molar-refractivity contribution in [3.05, 3.63) is 168 Å². The Balaban J connectivity index is 1.50. The van der Waals surface area contributed by atoms with Crippen LogP contribution in [0, 0.1) is 0 Å². The summed E-state index contributed by atoms with van der Waals surface area (Å²) < 4.78 is 0. The minimum Gasteiger partial charge on any atom is -0.341 e. The highest BCUT2D eigenvalue weighted by Crippen LogP contribution is 2.47. The van der Waals surface area contributed by atoms with Gasteiger partial charge in [0, 0.05) is 0 Å². The fourth-order valence-corrected chi connectivity index (χ4v) is 5.35. The first kappa shape index (κ1) is 21.2. The molecule has 0 saturated heterocycles. The fraction of sp³-hybridized carbons (Fsp3) is 0.0909. The molecule has 0 bridgehead atoms. The molecule has 2 heteroatoms. The molecule has 0 aliphatic carbocycles. The van der Waals surface area contributed by atoms with E-state index in [1.807, 2.05) is 0 Å². The monoisotopic (exact) mass is 452 g/mol. The quantitative estimate of drug-likeness (QED) is 0.259. The van der Waals surface area contributed by atoms with Crippen LogP contribution in [-0.2, 0) is 0 Å². The normalized spacial score (nSPS) is 12.9. The van der Waals surface area contributed by atoms with Gasteiger partial charge in [-0.1, -0.05) is 133 Å². The Bertz CT molecular complexity index is 1180. The molecule has 1 aliphatic rings. The molecular formula is C33H28N2. The lowest BCUT2D eigenvalue weighted by Crippen LogP contribution is -2.37. The Kier molecular flexibility index (Phi) is 5.78. The van der Waals surface area contributed by atoms with Gasteiger partial charge in [-0.3, -0.25) is 0 Å². The highest BCUT2D eigenvalue weighted by atomic mass is 15.4. The van der Waals surface area contributed by atoms with Gasteiger partial charge in [-0.15, -0.1) is 0 Å². The van der Waals surface area contributed by atoms with Crippen LogP contribution in [0.25, 0.3) is 0 Å². The summed E-state index contributed by atoms with van der Waals surface area (Å²) in [5, 5.41) is 0. The molecule has 0 radical (unpaired) electrons. The van der Waals surface area contributed by atoms with Gasteiger partial charge in [0.25, 0.3) is 0 Å². The van der Waals surface area contributed by atoms with Crippen LogP contribution in [-0.4, -0.2) is 6.67 Å². The molecule has 0 aromatic heterocycles. The van der Waals surface area contributed by atoms with Crippen molar-refractivity contribution in [2.75, 3.05) is 16.5 Å². The summed E-state index contributed by atoms with van der Waals surface area (Å²) in [4.78, 5) is 5.11. The molecule has 0 fully saturated rings. The number of nitrogens with zero attached hydrogens (tertiary/aromatic N) is 2. The number of hydrogen-bond acceptors (Lipinski definition) is 2.